The SMILES string of the molecule is C[C@]12CC[C@H](O)CC1=CCC1C2CC[C@]2(C)C(n3ccc4ccccc43)=CC(=O)C12. The lowest BCUT2D eigenvalue weighted by molar-refractivity contribution is -0.127. The van der Waals surface area contributed by atoms with Crippen LogP contribution in [0.15, 0.2) is 54.3 Å². The van der Waals surface area contributed by atoms with Crippen LogP contribution in [0, 0.1) is 28.6 Å². The van der Waals surface area contributed by atoms with E-state index in [1.807, 2.05) is 6.08 Å². The number of para-hydroxylation sites is 1. The van der Waals surface area contributed by atoms with Gasteiger partial charge in [-0.05, 0) is 73.3 Å². The maximum atomic E-state index is 13.5. The van der Waals surface area contributed by atoms with Crippen LogP contribution in [0.2, 0.25) is 0 Å². The second-order valence-corrected chi connectivity index (χ2v) is 10.7. The maximum Gasteiger partial charge on any atom is 0.161 e. The van der Waals surface area contributed by atoms with Gasteiger partial charge in [-0.25, -0.2) is 0 Å². The zero-order chi connectivity index (χ0) is 20.7. The van der Waals surface area contributed by atoms with Gasteiger partial charge in [0.15, 0.2) is 5.78 Å². The van der Waals surface area contributed by atoms with Crippen molar-refractivity contribution in [2.75, 3.05) is 0 Å². The number of nitrogens with zero attached hydrogens (tertiary/aromatic N) is 1. The molecule has 0 saturated heterocycles. The molecule has 156 valence electrons. The molecule has 30 heavy (non-hydrogen) atoms. The van der Waals surface area contributed by atoms with Crippen molar-refractivity contribution in [2.24, 2.45) is 28.6 Å². The molecule has 3 unspecified atom stereocenters. The third-order valence-electron chi connectivity index (χ3n) is 9.28. The molecule has 0 aliphatic heterocycles. The molecular weight excluding hydrogens is 370 g/mol. The lowest BCUT2D eigenvalue weighted by Gasteiger charge is -2.57. The van der Waals surface area contributed by atoms with Gasteiger partial charge in [0.25, 0.3) is 0 Å². The first kappa shape index (κ1) is 18.6. The smallest absolute Gasteiger partial charge is 0.161 e. The van der Waals surface area contributed by atoms with Gasteiger partial charge < -0.3 is 9.67 Å². The van der Waals surface area contributed by atoms with Crippen molar-refractivity contribution >= 4 is 22.4 Å². The molecule has 4 aliphatic carbocycles. The van der Waals surface area contributed by atoms with Crippen LogP contribution in [0.3, 0.4) is 0 Å². The highest BCUT2D eigenvalue weighted by Gasteiger charge is 2.59. The summed E-state index contributed by atoms with van der Waals surface area (Å²) in [6.07, 6.45) is 12.3. The van der Waals surface area contributed by atoms with E-state index in [0.29, 0.717) is 17.6 Å². The number of aliphatic hydroxyl groups is 1. The van der Waals surface area contributed by atoms with Gasteiger partial charge >= 0.3 is 0 Å². The van der Waals surface area contributed by atoms with Gasteiger partial charge in [0.1, 0.15) is 0 Å². The highest BCUT2D eigenvalue weighted by atomic mass is 16.3. The summed E-state index contributed by atoms with van der Waals surface area (Å²) in [5.41, 5.74) is 3.90. The Morgan fingerprint density at radius 1 is 1.07 bits per heavy atom. The average Bonchev–Trinajstić information content (AvgIpc) is 3.26. The molecule has 3 heteroatoms. The molecule has 0 amide bonds. The highest BCUT2D eigenvalue weighted by molar-refractivity contribution is 6.04. The quantitative estimate of drug-likeness (QED) is 0.633. The van der Waals surface area contributed by atoms with Crippen molar-refractivity contribution in [3.05, 3.63) is 54.3 Å². The third-order valence-corrected chi connectivity index (χ3v) is 9.28. The molecule has 3 nitrogen and oxygen atoms in total. The molecule has 2 saturated carbocycles. The van der Waals surface area contributed by atoms with E-state index in [0.717, 1.165) is 32.1 Å². The number of rotatable bonds is 1. The van der Waals surface area contributed by atoms with Gasteiger partial charge in [0, 0.05) is 29.3 Å². The monoisotopic (exact) mass is 401 g/mol. The van der Waals surface area contributed by atoms with Crippen molar-refractivity contribution in [1.29, 1.82) is 0 Å². The summed E-state index contributed by atoms with van der Waals surface area (Å²) in [6.45, 7) is 4.75. The van der Waals surface area contributed by atoms with Crippen molar-refractivity contribution in [3.63, 3.8) is 0 Å². The first-order valence-electron chi connectivity index (χ1n) is 11.6. The number of carbonyl (C=O) groups is 1. The van der Waals surface area contributed by atoms with Crippen molar-refractivity contribution < 1.29 is 9.90 Å². The lowest BCUT2D eigenvalue weighted by Crippen LogP contribution is -2.51. The second-order valence-electron chi connectivity index (χ2n) is 10.7. The van der Waals surface area contributed by atoms with E-state index in [1.165, 1.54) is 28.6 Å². The third kappa shape index (κ3) is 2.33. The second kappa shape index (κ2) is 6.20. The minimum atomic E-state index is -0.182. The molecule has 1 heterocycles. The van der Waals surface area contributed by atoms with E-state index in [9.17, 15) is 9.90 Å². The number of ketones is 1. The first-order valence-corrected chi connectivity index (χ1v) is 11.6. The van der Waals surface area contributed by atoms with E-state index in [1.54, 1.807) is 0 Å². The minimum Gasteiger partial charge on any atom is -0.393 e. The van der Waals surface area contributed by atoms with Crippen molar-refractivity contribution in [3.8, 4) is 0 Å². The van der Waals surface area contributed by atoms with E-state index in [4.69, 9.17) is 0 Å². The zero-order valence-corrected chi connectivity index (χ0v) is 18.0. The van der Waals surface area contributed by atoms with Crippen molar-refractivity contribution in [2.45, 2.75) is 58.5 Å². The van der Waals surface area contributed by atoms with Crippen LogP contribution in [-0.2, 0) is 4.79 Å². The normalized spacial score (nSPS) is 40.4. The number of carbonyl (C=O) groups excluding carboxylic acids is 1. The number of benzene rings is 1. The van der Waals surface area contributed by atoms with Crippen molar-refractivity contribution in [1.82, 2.24) is 4.57 Å². The molecule has 0 spiro atoms. The summed E-state index contributed by atoms with van der Waals surface area (Å²) < 4.78 is 2.27. The summed E-state index contributed by atoms with van der Waals surface area (Å²) in [5.74, 6) is 1.38. The molecule has 6 atom stereocenters. The number of hydrogen-bond donors (Lipinski definition) is 1. The fourth-order valence-corrected chi connectivity index (χ4v) is 7.70. The Balaban J connectivity index is 1.41. The Hall–Kier alpha value is -2.13. The minimum absolute atomic E-state index is 0.0777. The zero-order valence-electron chi connectivity index (χ0n) is 18.0. The van der Waals surface area contributed by atoms with E-state index in [2.05, 4.69) is 61.0 Å². The van der Waals surface area contributed by atoms with Gasteiger partial charge in [-0.3, -0.25) is 4.79 Å². The number of allylic oxidation sites excluding steroid dienone is 3. The molecule has 2 fully saturated rings. The maximum absolute atomic E-state index is 13.5. The summed E-state index contributed by atoms with van der Waals surface area (Å²) >= 11 is 0. The van der Waals surface area contributed by atoms with Gasteiger partial charge in [-0.2, -0.15) is 0 Å². The Kier molecular flexibility index (Phi) is 3.85. The average molecular weight is 402 g/mol. The van der Waals surface area contributed by atoms with E-state index < -0.39 is 0 Å². The molecule has 0 bridgehead atoms. The Bertz CT molecular complexity index is 1110. The Morgan fingerprint density at radius 2 is 1.87 bits per heavy atom. The number of hydrogen-bond acceptors (Lipinski definition) is 2. The molecule has 1 N–H and O–H groups in total. The highest BCUT2D eigenvalue weighted by Crippen LogP contribution is 2.65. The molecule has 0 radical (unpaired) electrons. The predicted octanol–water partition coefficient (Wildman–Crippen LogP) is 5.59. The molecule has 1 aromatic heterocycles. The molecule has 1 aromatic carbocycles. The van der Waals surface area contributed by atoms with Crippen LogP contribution in [-0.4, -0.2) is 21.6 Å². The van der Waals surface area contributed by atoms with Crippen LogP contribution in [0.25, 0.3) is 16.6 Å². The van der Waals surface area contributed by atoms with Crippen LogP contribution in [0.4, 0.5) is 0 Å². The van der Waals surface area contributed by atoms with Crippen LogP contribution >= 0.6 is 0 Å². The number of aromatic nitrogens is 1. The van der Waals surface area contributed by atoms with Gasteiger partial charge in [-0.15, -0.1) is 0 Å². The van der Waals surface area contributed by atoms with Gasteiger partial charge in [-0.1, -0.05) is 43.7 Å². The largest absolute Gasteiger partial charge is 0.393 e. The van der Waals surface area contributed by atoms with Gasteiger partial charge in [0.05, 0.1) is 11.6 Å². The fourth-order valence-electron chi connectivity index (χ4n) is 7.70. The van der Waals surface area contributed by atoms with E-state index >= 15 is 0 Å². The Labute approximate surface area is 178 Å². The molecule has 2 aromatic rings. The standard InChI is InChI=1S/C27H31NO2/c1-26-12-9-19(29)15-18(26)7-8-20-21(26)10-13-27(2)24(16-23(30)25(20)27)28-14-11-17-5-3-4-6-22(17)28/h3-7,11,14,16,19-21,25,29H,8-10,12-13,15H2,1-2H3/t19-,20?,21?,25?,26-,27+/m0/s1. The summed E-state index contributed by atoms with van der Waals surface area (Å²) in [6, 6.07) is 10.6. The first-order chi connectivity index (χ1) is 14.4. The topological polar surface area (TPSA) is 42.2 Å². The molecule has 6 rings (SSSR count). The fraction of sp³-hybridized carbons (Fsp3) is 0.519. The number of aliphatic hydroxyl groups excluding tert-OH is 1. The van der Waals surface area contributed by atoms with Gasteiger partial charge in [0.2, 0.25) is 0 Å². The molecule has 4 aliphatic rings. The summed E-state index contributed by atoms with van der Waals surface area (Å²) in [5, 5.41) is 11.4. The number of fused-ring (bicyclic) bond motifs is 6. The summed E-state index contributed by atoms with van der Waals surface area (Å²) in [7, 11) is 0. The Morgan fingerprint density at radius 3 is 2.73 bits per heavy atom. The molecular formula is C27H31NO2. The van der Waals surface area contributed by atoms with E-state index in [-0.39, 0.29) is 22.9 Å². The van der Waals surface area contributed by atoms with Crippen LogP contribution in [0.1, 0.15) is 52.4 Å². The lowest BCUT2D eigenvalue weighted by atomic mass is 9.47. The summed E-state index contributed by atoms with van der Waals surface area (Å²) in [4.78, 5) is 13.5. The van der Waals surface area contributed by atoms with Crippen LogP contribution < -0.4 is 0 Å². The van der Waals surface area contributed by atoms with Crippen LogP contribution in [0.5, 0.6) is 0 Å². The predicted molar refractivity (Wildman–Crippen MR) is 120 cm³/mol.